The number of nitrogens with zero attached hydrogens (tertiary/aromatic N) is 2. The van der Waals surface area contributed by atoms with Crippen molar-refractivity contribution in [3.05, 3.63) is 44.0 Å². The molecule has 1 atom stereocenters. The summed E-state index contributed by atoms with van der Waals surface area (Å²) in [5.41, 5.74) is 0.0531. The number of benzene rings is 1. The van der Waals surface area contributed by atoms with Crippen LogP contribution in [-0.2, 0) is 6.42 Å². The van der Waals surface area contributed by atoms with Crippen molar-refractivity contribution in [2.24, 2.45) is 5.92 Å². The molecule has 0 radical (unpaired) electrons. The molecule has 1 saturated carbocycles. The predicted molar refractivity (Wildman–Crippen MR) is 79.7 cm³/mol. The van der Waals surface area contributed by atoms with Crippen LogP contribution in [-0.4, -0.2) is 15.2 Å². The zero-order chi connectivity index (χ0) is 15.4. The molecule has 2 rings (SSSR count). The molecule has 114 valence electrons. The number of hydrogen-bond donors (Lipinski definition) is 0. The predicted octanol–water partition coefficient (Wildman–Crippen LogP) is 4.23. The van der Waals surface area contributed by atoms with Gasteiger partial charge in [0.05, 0.1) is 15.9 Å². The SMILES string of the molecule is O=[N+]([O-])c1ccc(CCC(Cl)C2CCCC2)c([N+](=O)[O-])c1. The molecule has 1 unspecified atom stereocenters. The number of aryl methyl sites for hydroxylation is 1. The lowest BCUT2D eigenvalue weighted by Gasteiger charge is -2.16. The number of nitro groups is 2. The Labute approximate surface area is 127 Å². The van der Waals surface area contributed by atoms with Gasteiger partial charge in [-0.3, -0.25) is 20.2 Å². The monoisotopic (exact) mass is 312 g/mol. The first-order valence-corrected chi connectivity index (χ1v) is 7.48. The fraction of sp³-hybridized carbons (Fsp3) is 0.571. The lowest BCUT2D eigenvalue weighted by molar-refractivity contribution is -0.394. The minimum atomic E-state index is -0.625. The molecule has 0 N–H and O–H groups in total. The van der Waals surface area contributed by atoms with Crippen molar-refractivity contribution in [2.45, 2.75) is 43.9 Å². The van der Waals surface area contributed by atoms with Crippen LogP contribution in [0.2, 0.25) is 0 Å². The Morgan fingerprint density at radius 3 is 2.43 bits per heavy atom. The van der Waals surface area contributed by atoms with Crippen LogP contribution >= 0.6 is 11.6 Å². The van der Waals surface area contributed by atoms with E-state index in [0.717, 1.165) is 18.9 Å². The van der Waals surface area contributed by atoms with Crippen LogP contribution in [0.1, 0.15) is 37.7 Å². The van der Waals surface area contributed by atoms with Crippen LogP contribution in [0.4, 0.5) is 11.4 Å². The molecule has 1 aliphatic carbocycles. The third-order valence-corrected chi connectivity index (χ3v) is 4.65. The van der Waals surface area contributed by atoms with Gasteiger partial charge in [0, 0.05) is 17.0 Å². The smallest absolute Gasteiger partial charge is 0.258 e. The molecular weight excluding hydrogens is 296 g/mol. The number of halogens is 1. The molecule has 1 fully saturated rings. The Morgan fingerprint density at radius 2 is 1.86 bits per heavy atom. The van der Waals surface area contributed by atoms with Gasteiger partial charge in [-0.05, 0) is 37.7 Å². The van der Waals surface area contributed by atoms with Crippen molar-refractivity contribution >= 4 is 23.0 Å². The zero-order valence-corrected chi connectivity index (χ0v) is 12.3. The molecule has 1 aliphatic rings. The van der Waals surface area contributed by atoms with Gasteiger partial charge in [-0.15, -0.1) is 11.6 Å². The van der Waals surface area contributed by atoms with Crippen molar-refractivity contribution in [1.29, 1.82) is 0 Å². The van der Waals surface area contributed by atoms with Gasteiger partial charge in [-0.2, -0.15) is 0 Å². The first kappa shape index (κ1) is 15.7. The molecule has 7 heteroatoms. The van der Waals surface area contributed by atoms with Gasteiger partial charge in [0.25, 0.3) is 11.4 Å². The van der Waals surface area contributed by atoms with Crippen molar-refractivity contribution in [3.8, 4) is 0 Å². The van der Waals surface area contributed by atoms with E-state index >= 15 is 0 Å². The maximum atomic E-state index is 11.0. The second-order valence-electron chi connectivity index (χ2n) is 5.43. The first-order chi connectivity index (χ1) is 9.99. The number of non-ortho nitro benzene ring substituents is 1. The quantitative estimate of drug-likeness (QED) is 0.446. The van der Waals surface area contributed by atoms with Gasteiger partial charge in [-0.1, -0.05) is 12.8 Å². The van der Waals surface area contributed by atoms with E-state index in [2.05, 4.69) is 0 Å². The lowest BCUT2D eigenvalue weighted by atomic mass is 9.97. The molecule has 0 amide bonds. The van der Waals surface area contributed by atoms with E-state index in [1.807, 2.05) is 0 Å². The Hall–Kier alpha value is -1.69. The van der Waals surface area contributed by atoms with Crippen LogP contribution in [0.15, 0.2) is 18.2 Å². The molecule has 1 aromatic rings. The van der Waals surface area contributed by atoms with Crippen molar-refractivity contribution in [1.82, 2.24) is 0 Å². The fourth-order valence-electron chi connectivity index (χ4n) is 2.90. The van der Waals surface area contributed by atoms with E-state index in [0.29, 0.717) is 24.3 Å². The highest BCUT2D eigenvalue weighted by atomic mass is 35.5. The molecule has 1 aromatic carbocycles. The average molecular weight is 313 g/mol. The van der Waals surface area contributed by atoms with E-state index in [1.54, 1.807) is 0 Å². The second-order valence-corrected chi connectivity index (χ2v) is 5.99. The van der Waals surface area contributed by atoms with E-state index in [4.69, 9.17) is 11.6 Å². The number of alkyl halides is 1. The van der Waals surface area contributed by atoms with Crippen LogP contribution in [0.3, 0.4) is 0 Å². The molecular formula is C14H17ClN2O4. The highest BCUT2D eigenvalue weighted by Gasteiger charge is 2.25. The standard InChI is InChI=1S/C14H17ClN2O4/c15-13(10-3-1-2-4-10)8-6-11-5-7-12(16(18)19)9-14(11)17(20)21/h5,7,9-10,13H,1-4,6,8H2. The third kappa shape index (κ3) is 3.91. The van der Waals surface area contributed by atoms with Crippen LogP contribution in [0, 0.1) is 26.1 Å². The van der Waals surface area contributed by atoms with E-state index < -0.39 is 9.85 Å². The molecule has 0 aromatic heterocycles. The Balaban J connectivity index is 2.08. The van der Waals surface area contributed by atoms with Crippen molar-refractivity contribution < 1.29 is 9.85 Å². The van der Waals surface area contributed by atoms with E-state index in [1.165, 1.54) is 25.0 Å². The van der Waals surface area contributed by atoms with Gasteiger partial charge >= 0.3 is 0 Å². The van der Waals surface area contributed by atoms with Gasteiger partial charge in [0.15, 0.2) is 0 Å². The molecule has 0 heterocycles. The summed E-state index contributed by atoms with van der Waals surface area (Å²) in [4.78, 5) is 20.5. The Morgan fingerprint density at radius 1 is 1.19 bits per heavy atom. The summed E-state index contributed by atoms with van der Waals surface area (Å²) in [5, 5.41) is 21.8. The summed E-state index contributed by atoms with van der Waals surface area (Å²) < 4.78 is 0. The highest BCUT2D eigenvalue weighted by Crippen LogP contribution is 2.33. The molecule has 0 saturated heterocycles. The van der Waals surface area contributed by atoms with Gasteiger partial charge in [-0.25, -0.2) is 0 Å². The maximum absolute atomic E-state index is 11.0. The molecule has 0 aliphatic heterocycles. The normalized spacial score (nSPS) is 16.8. The molecule has 21 heavy (non-hydrogen) atoms. The summed E-state index contributed by atoms with van der Waals surface area (Å²) in [6.07, 6.45) is 5.77. The lowest BCUT2D eigenvalue weighted by Crippen LogP contribution is -2.12. The van der Waals surface area contributed by atoms with Gasteiger partial charge in [0.1, 0.15) is 0 Å². The summed E-state index contributed by atoms with van der Waals surface area (Å²) >= 11 is 6.37. The summed E-state index contributed by atoms with van der Waals surface area (Å²) in [7, 11) is 0. The van der Waals surface area contributed by atoms with Crippen LogP contribution in [0.5, 0.6) is 0 Å². The van der Waals surface area contributed by atoms with E-state index in [-0.39, 0.29) is 16.8 Å². The van der Waals surface area contributed by atoms with Gasteiger partial charge < -0.3 is 0 Å². The molecule has 0 spiro atoms. The van der Waals surface area contributed by atoms with Gasteiger partial charge in [0.2, 0.25) is 0 Å². The highest BCUT2D eigenvalue weighted by molar-refractivity contribution is 6.20. The number of nitro benzene ring substituents is 2. The molecule has 0 bridgehead atoms. The topological polar surface area (TPSA) is 86.3 Å². The second kappa shape index (κ2) is 6.85. The molecule has 6 nitrogen and oxygen atoms in total. The third-order valence-electron chi connectivity index (χ3n) is 4.08. The number of rotatable bonds is 6. The minimum Gasteiger partial charge on any atom is -0.258 e. The van der Waals surface area contributed by atoms with E-state index in [9.17, 15) is 20.2 Å². The fourth-order valence-corrected chi connectivity index (χ4v) is 3.26. The summed E-state index contributed by atoms with van der Waals surface area (Å²) in [6.45, 7) is 0. The van der Waals surface area contributed by atoms with Crippen molar-refractivity contribution in [3.63, 3.8) is 0 Å². The number of hydrogen-bond acceptors (Lipinski definition) is 4. The Kier molecular flexibility index (Phi) is 5.12. The van der Waals surface area contributed by atoms with Crippen LogP contribution in [0.25, 0.3) is 0 Å². The summed E-state index contributed by atoms with van der Waals surface area (Å²) in [5.74, 6) is 0.490. The minimum absolute atomic E-state index is 0.0160. The maximum Gasteiger partial charge on any atom is 0.279 e. The van der Waals surface area contributed by atoms with Crippen molar-refractivity contribution in [2.75, 3.05) is 0 Å². The average Bonchev–Trinajstić information content (AvgIpc) is 2.98. The van der Waals surface area contributed by atoms with Crippen LogP contribution < -0.4 is 0 Å². The first-order valence-electron chi connectivity index (χ1n) is 7.05. The zero-order valence-electron chi connectivity index (χ0n) is 11.5. The largest absolute Gasteiger partial charge is 0.279 e. The Bertz CT molecular complexity index is 544. The summed E-state index contributed by atoms with van der Waals surface area (Å²) in [6, 6.07) is 3.80.